The van der Waals surface area contributed by atoms with Gasteiger partial charge in [-0.3, -0.25) is 4.79 Å². The third kappa shape index (κ3) is 6.33. The number of nitrogens with one attached hydrogen (secondary N) is 1. The minimum Gasteiger partial charge on any atom is -0.373 e. The molecule has 1 heterocycles. The lowest BCUT2D eigenvalue weighted by molar-refractivity contribution is 0.0949. The van der Waals surface area contributed by atoms with Gasteiger partial charge in [0.15, 0.2) is 0 Å². The van der Waals surface area contributed by atoms with Crippen LogP contribution in [0.25, 0.3) is 0 Å². The number of nitrogens with two attached hydrogens (primary N) is 1. The van der Waals surface area contributed by atoms with Crippen LogP contribution in [0.15, 0.2) is 47.5 Å². The minimum absolute atomic E-state index is 0.0727. The first kappa shape index (κ1) is 20.9. The molecule has 0 radical (unpaired) electrons. The zero-order chi connectivity index (χ0) is 19.9. The molecule has 0 saturated carbocycles. The van der Waals surface area contributed by atoms with E-state index in [9.17, 15) is 13.2 Å². The highest BCUT2D eigenvalue weighted by molar-refractivity contribution is 7.89. The molecular formula is C19H26N4O3S. The Bertz CT molecular complexity index is 850. The van der Waals surface area contributed by atoms with E-state index in [1.165, 1.54) is 12.1 Å². The standard InChI is InChI=1S/C19H26N4O3S/c1-3-4-13-23(2)16-7-10-18(22-14-16)19(24)21-12-11-15-5-8-17(9-6-15)27(20,25)26/h5-10,14H,3-4,11-13H2,1-2H3,(H,21,24)(H2,20,25,26). The molecule has 0 saturated heterocycles. The number of benzene rings is 1. The summed E-state index contributed by atoms with van der Waals surface area (Å²) in [4.78, 5) is 18.6. The van der Waals surface area contributed by atoms with Crippen molar-refractivity contribution in [1.29, 1.82) is 0 Å². The second-order valence-corrected chi connectivity index (χ2v) is 7.93. The first-order valence-electron chi connectivity index (χ1n) is 8.88. The van der Waals surface area contributed by atoms with Crippen molar-refractivity contribution in [2.75, 3.05) is 25.0 Å². The number of hydrogen-bond donors (Lipinski definition) is 2. The van der Waals surface area contributed by atoms with Crippen LogP contribution >= 0.6 is 0 Å². The molecule has 0 spiro atoms. The van der Waals surface area contributed by atoms with Crippen LogP contribution in [0.5, 0.6) is 0 Å². The summed E-state index contributed by atoms with van der Waals surface area (Å²) in [7, 11) is -1.68. The Morgan fingerprint density at radius 3 is 2.44 bits per heavy atom. The summed E-state index contributed by atoms with van der Waals surface area (Å²) in [5.41, 5.74) is 2.26. The van der Waals surface area contributed by atoms with E-state index in [4.69, 9.17) is 5.14 Å². The Labute approximate surface area is 160 Å². The lowest BCUT2D eigenvalue weighted by atomic mass is 10.1. The van der Waals surface area contributed by atoms with E-state index in [2.05, 4.69) is 22.1 Å². The van der Waals surface area contributed by atoms with E-state index in [1.54, 1.807) is 24.4 Å². The number of nitrogens with zero attached hydrogens (tertiary/aromatic N) is 2. The highest BCUT2D eigenvalue weighted by Crippen LogP contribution is 2.12. The molecule has 2 rings (SSSR count). The number of amides is 1. The molecule has 0 aliphatic carbocycles. The summed E-state index contributed by atoms with van der Waals surface area (Å²) in [6.07, 6.45) is 4.52. The van der Waals surface area contributed by atoms with Crippen LogP contribution < -0.4 is 15.4 Å². The van der Waals surface area contributed by atoms with Crippen LogP contribution in [-0.2, 0) is 16.4 Å². The van der Waals surface area contributed by atoms with E-state index in [0.29, 0.717) is 18.7 Å². The quantitative estimate of drug-likeness (QED) is 0.681. The topological polar surface area (TPSA) is 105 Å². The van der Waals surface area contributed by atoms with Gasteiger partial charge in [-0.05, 0) is 42.7 Å². The maximum Gasteiger partial charge on any atom is 0.269 e. The van der Waals surface area contributed by atoms with E-state index in [-0.39, 0.29) is 10.8 Å². The lowest BCUT2D eigenvalue weighted by Gasteiger charge is -2.18. The molecule has 7 nitrogen and oxygen atoms in total. The van der Waals surface area contributed by atoms with Gasteiger partial charge < -0.3 is 10.2 Å². The Morgan fingerprint density at radius 2 is 1.89 bits per heavy atom. The van der Waals surface area contributed by atoms with E-state index in [1.807, 2.05) is 13.1 Å². The van der Waals surface area contributed by atoms with Crippen molar-refractivity contribution < 1.29 is 13.2 Å². The molecule has 1 amide bonds. The van der Waals surface area contributed by atoms with E-state index >= 15 is 0 Å². The third-order valence-electron chi connectivity index (χ3n) is 4.22. The van der Waals surface area contributed by atoms with Gasteiger partial charge in [-0.1, -0.05) is 25.5 Å². The maximum absolute atomic E-state index is 12.2. The van der Waals surface area contributed by atoms with Crippen molar-refractivity contribution in [3.63, 3.8) is 0 Å². The van der Waals surface area contributed by atoms with Crippen molar-refractivity contribution >= 4 is 21.6 Å². The van der Waals surface area contributed by atoms with Gasteiger partial charge in [0.25, 0.3) is 5.91 Å². The van der Waals surface area contributed by atoms with Crippen LogP contribution in [0.4, 0.5) is 5.69 Å². The summed E-state index contributed by atoms with van der Waals surface area (Å²) in [6.45, 7) is 3.52. The fraction of sp³-hybridized carbons (Fsp3) is 0.368. The molecule has 0 fully saturated rings. The molecular weight excluding hydrogens is 364 g/mol. The summed E-state index contributed by atoms with van der Waals surface area (Å²) < 4.78 is 22.5. The number of primary sulfonamides is 1. The number of anilines is 1. The van der Waals surface area contributed by atoms with Crippen molar-refractivity contribution in [2.45, 2.75) is 31.1 Å². The molecule has 146 valence electrons. The first-order chi connectivity index (χ1) is 12.8. The van der Waals surface area contributed by atoms with Gasteiger partial charge in [0.2, 0.25) is 10.0 Å². The molecule has 8 heteroatoms. The minimum atomic E-state index is -3.69. The highest BCUT2D eigenvalue weighted by Gasteiger charge is 2.09. The summed E-state index contributed by atoms with van der Waals surface area (Å²) in [5.74, 6) is -0.237. The smallest absolute Gasteiger partial charge is 0.269 e. The molecule has 1 aromatic heterocycles. The largest absolute Gasteiger partial charge is 0.373 e. The van der Waals surface area contributed by atoms with Crippen LogP contribution in [0.1, 0.15) is 35.8 Å². The van der Waals surface area contributed by atoms with Crippen LogP contribution in [0.2, 0.25) is 0 Å². The Balaban J connectivity index is 1.85. The molecule has 0 aliphatic rings. The van der Waals surface area contributed by atoms with Crippen molar-refractivity contribution in [2.24, 2.45) is 5.14 Å². The lowest BCUT2D eigenvalue weighted by Crippen LogP contribution is -2.26. The monoisotopic (exact) mass is 390 g/mol. The molecule has 0 bridgehead atoms. The number of carbonyl (C=O) groups is 1. The summed E-state index contributed by atoms with van der Waals surface area (Å²) in [5, 5.41) is 7.89. The van der Waals surface area contributed by atoms with Crippen LogP contribution in [0.3, 0.4) is 0 Å². The first-order valence-corrected chi connectivity index (χ1v) is 10.4. The molecule has 0 atom stereocenters. The molecule has 3 N–H and O–H groups in total. The predicted molar refractivity (Wildman–Crippen MR) is 106 cm³/mol. The Hall–Kier alpha value is -2.45. The molecule has 0 unspecified atom stereocenters. The zero-order valence-electron chi connectivity index (χ0n) is 15.7. The molecule has 0 aliphatic heterocycles. The third-order valence-corrected chi connectivity index (χ3v) is 5.15. The average molecular weight is 391 g/mol. The van der Waals surface area contributed by atoms with Gasteiger partial charge in [-0.2, -0.15) is 0 Å². The van der Waals surface area contributed by atoms with Gasteiger partial charge in [0.05, 0.1) is 16.8 Å². The number of pyridine rings is 1. The number of unbranched alkanes of at least 4 members (excludes halogenated alkanes) is 1. The maximum atomic E-state index is 12.2. The van der Waals surface area contributed by atoms with Crippen molar-refractivity contribution in [3.8, 4) is 0 Å². The van der Waals surface area contributed by atoms with Crippen molar-refractivity contribution in [1.82, 2.24) is 10.3 Å². The fourth-order valence-corrected chi connectivity index (χ4v) is 3.04. The Kier molecular flexibility index (Phi) is 7.32. The highest BCUT2D eigenvalue weighted by atomic mass is 32.2. The van der Waals surface area contributed by atoms with Gasteiger partial charge in [0, 0.05) is 20.1 Å². The summed E-state index contributed by atoms with van der Waals surface area (Å²) >= 11 is 0. The Morgan fingerprint density at radius 1 is 1.19 bits per heavy atom. The van der Waals surface area contributed by atoms with E-state index in [0.717, 1.165) is 30.6 Å². The number of sulfonamides is 1. The van der Waals surface area contributed by atoms with Gasteiger partial charge in [-0.25, -0.2) is 18.5 Å². The molecule has 2 aromatic rings. The predicted octanol–water partition coefficient (Wildman–Crippen LogP) is 1.94. The normalized spacial score (nSPS) is 11.2. The van der Waals surface area contributed by atoms with E-state index < -0.39 is 10.0 Å². The zero-order valence-corrected chi connectivity index (χ0v) is 16.5. The number of rotatable bonds is 9. The molecule has 27 heavy (non-hydrogen) atoms. The van der Waals surface area contributed by atoms with Gasteiger partial charge in [0.1, 0.15) is 5.69 Å². The van der Waals surface area contributed by atoms with Crippen LogP contribution in [0, 0.1) is 0 Å². The van der Waals surface area contributed by atoms with Gasteiger partial charge in [-0.15, -0.1) is 0 Å². The van der Waals surface area contributed by atoms with Crippen molar-refractivity contribution in [3.05, 3.63) is 53.9 Å². The number of carbonyl (C=O) groups excluding carboxylic acids is 1. The SMILES string of the molecule is CCCCN(C)c1ccc(C(=O)NCCc2ccc(S(N)(=O)=O)cc2)nc1. The second-order valence-electron chi connectivity index (χ2n) is 6.37. The number of aromatic nitrogens is 1. The van der Waals surface area contributed by atoms with Crippen LogP contribution in [-0.4, -0.2) is 39.4 Å². The summed E-state index contributed by atoms with van der Waals surface area (Å²) in [6, 6.07) is 9.90. The second kappa shape index (κ2) is 9.48. The molecule has 1 aromatic carbocycles. The number of hydrogen-bond acceptors (Lipinski definition) is 5. The van der Waals surface area contributed by atoms with Gasteiger partial charge >= 0.3 is 0 Å². The average Bonchev–Trinajstić information content (AvgIpc) is 2.66. The fourth-order valence-electron chi connectivity index (χ4n) is 2.53.